The van der Waals surface area contributed by atoms with E-state index in [9.17, 15) is 18.0 Å². The van der Waals surface area contributed by atoms with E-state index in [1.807, 2.05) is 20.8 Å². The summed E-state index contributed by atoms with van der Waals surface area (Å²) in [6.07, 6.45) is 0. The SMILES string of the molecule is CC(C(=O)NC(C)(C)C)N(Cc1ccccc1Cl)C(=O)CN(c1cc(Cl)ccc1Cl)S(=O)(=O)c1ccccc1. The zero-order chi connectivity index (χ0) is 29.0. The van der Waals surface area contributed by atoms with E-state index in [1.165, 1.54) is 35.2 Å². The van der Waals surface area contributed by atoms with E-state index in [1.54, 1.807) is 49.4 Å². The molecular weight excluding hydrogens is 581 g/mol. The van der Waals surface area contributed by atoms with Gasteiger partial charge in [0.2, 0.25) is 11.8 Å². The Bertz CT molecular complexity index is 1440. The standard InChI is InChI=1S/C28H30Cl3N3O4S/c1-19(27(36)32-28(2,3)4)33(17-20-10-8-9-13-23(20)30)26(35)18-34(25-16-21(29)14-15-24(25)31)39(37,38)22-11-6-5-7-12-22/h5-16,19H,17-18H2,1-4H3,(H,32,36). The fourth-order valence-corrected chi connectivity index (χ4v) is 5.85. The van der Waals surface area contributed by atoms with Gasteiger partial charge in [0.1, 0.15) is 12.6 Å². The van der Waals surface area contributed by atoms with E-state index in [0.29, 0.717) is 10.6 Å². The van der Waals surface area contributed by atoms with E-state index < -0.39 is 40.0 Å². The first kappa shape index (κ1) is 30.8. The number of halogens is 3. The maximum atomic E-state index is 13.9. The fraction of sp³-hybridized carbons (Fsp3) is 0.286. The average molecular weight is 611 g/mol. The van der Waals surface area contributed by atoms with E-state index >= 15 is 0 Å². The smallest absolute Gasteiger partial charge is 0.264 e. The zero-order valence-corrected chi connectivity index (χ0v) is 25.1. The zero-order valence-electron chi connectivity index (χ0n) is 22.0. The molecule has 0 aliphatic carbocycles. The van der Waals surface area contributed by atoms with Crippen LogP contribution in [0.5, 0.6) is 0 Å². The van der Waals surface area contributed by atoms with Crippen molar-refractivity contribution in [1.29, 1.82) is 0 Å². The van der Waals surface area contributed by atoms with Gasteiger partial charge in [-0.2, -0.15) is 0 Å². The topological polar surface area (TPSA) is 86.8 Å². The molecule has 3 rings (SSSR count). The van der Waals surface area contributed by atoms with Crippen molar-refractivity contribution in [3.05, 3.63) is 93.4 Å². The molecule has 0 spiro atoms. The molecule has 3 aromatic rings. The molecule has 1 atom stereocenters. The second-order valence-corrected chi connectivity index (χ2v) is 13.1. The summed E-state index contributed by atoms with van der Waals surface area (Å²) in [5.41, 5.74) is 0.0774. The molecule has 0 radical (unpaired) electrons. The monoisotopic (exact) mass is 609 g/mol. The number of carbonyl (C=O) groups is 2. The molecule has 0 aliphatic heterocycles. The maximum absolute atomic E-state index is 13.9. The molecular formula is C28H30Cl3N3O4S. The summed E-state index contributed by atoms with van der Waals surface area (Å²) in [5.74, 6) is -1.04. The van der Waals surface area contributed by atoms with Crippen molar-refractivity contribution in [2.75, 3.05) is 10.8 Å². The number of carbonyl (C=O) groups excluding carboxylic acids is 2. The van der Waals surface area contributed by atoms with Crippen LogP contribution in [-0.4, -0.2) is 43.3 Å². The Kier molecular flexibility index (Phi) is 9.93. The third kappa shape index (κ3) is 7.88. The Morgan fingerprint density at radius 1 is 0.897 bits per heavy atom. The van der Waals surface area contributed by atoms with Crippen LogP contribution in [0.15, 0.2) is 77.7 Å². The highest BCUT2D eigenvalue weighted by molar-refractivity contribution is 7.92. The molecule has 3 aromatic carbocycles. The Hall–Kier alpha value is -2.78. The van der Waals surface area contributed by atoms with Crippen LogP contribution in [0.4, 0.5) is 5.69 Å². The van der Waals surface area contributed by atoms with Crippen molar-refractivity contribution in [2.24, 2.45) is 0 Å². The van der Waals surface area contributed by atoms with E-state index in [-0.39, 0.29) is 27.2 Å². The van der Waals surface area contributed by atoms with Gasteiger partial charge in [-0.05, 0) is 69.7 Å². The summed E-state index contributed by atoms with van der Waals surface area (Å²) in [4.78, 5) is 28.4. The van der Waals surface area contributed by atoms with Crippen molar-refractivity contribution >= 4 is 62.3 Å². The summed E-state index contributed by atoms with van der Waals surface area (Å²) in [5, 5.41) is 3.61. The van der Waals surface area contributed by atoms with Crippen LogP contribution in [0.3, 0.4) is 0 Å². The Balaban J connectivity index is 2.08. The molecule has 0 fully saturated rings. The van der Waals surface area contributed by atoms with Crippen LogP contribution < -0.4 is 9.62 Å². The molecule has 0 saturated carbocycles. The lowest BCUT2D eigenvalue weighted by Gasteiger charge is -2.33. The van der Waals surface area contributed by atoms with Gasteiger partial charge in [0.15, 0.2) is 0 Å². The minimum atomic E-state index is -4.26. The molecule has 0 saturated heterocycles. The second kappa shape index (κ2) is 12.6. The van der Waals surface area contributed by atoms with Gasteiger partial charge in [-0.1, -0.05) is 71.2 Å². The molecule has 39 heavy (non-hydrogen) atoms. The number of nitrogens with zero attached hydrogens (tertiary/aromatic N) is 2. The van der Waals surface area contributed by atoms with Gasteiger partial charge < -0.3 is 10.2 Å². The van der Waals surface area contributed by atoms with Crippen LogP contribution in [0, 0.1) is 0 Å². The fourth-order valence-electron chi connectivity index (χ4n) is 3.78. The summed E-state index contributed by atoms with van der Waals surface area (Å²) >= 11 is 19.0. The Morgan fingerprint density at radius 3 is 2.13 bits per heavy atom. The first-order valence-corrected chi connectivity index (χ1v) is 14.7. The summed E-state index contributed by atoms with van der Waals surface area (Å²) in [6.45, 7) is 6.39. The van der Waals surface area contributed by atoms with Gasteiger partial charge in [-0.15, -0.1) is 0 Å². The number of hydrogen-bond donors (Lipinski definition) is 1. The van der Waals surface area contributed by atoms with Gasteiger partial charge >= 0.3 is 0 Å². The van der Waals surface area contributed by atoms with Crippen molar-refractivity contribution in [3.8, 4) is 0 Å². The van der Waals surface area contributed by atoms with Crippen LogP contribution in [0.25, 0.3) is 0 Å². The molecule has 1 N–H and O–H groups in total. The number of sulfonamides is 1. The number of nitrogens with one attached hydrogen (secondary N) is 1. The molecule has 0 heterocycles. The predicted molar refractivity (Wildman–Crippen MR) is 157 cm³/mol. The molecule has 0 bridgehead atoms. The van der Waals surface area contributed by atoms with Crippen molar-refractivity contribution in [3.63, 3.8) is 0 Å². The molecule has 1 unspecified atom stereocenters. The lowest BCUT2D eigenvalue weighted by molar-refractivity contribution is -0.140. The van der Waals surface area contributed by atoms with Crippen LogP contribution >= 0.6 is 34.8 Å². The molecule has 0 aliphatic rings. The number of anilines is 1. The summed E-state index contributed by atoms with van der Waals surface area (Å²) in [7, 11) is -4.26. The first-order chi connectivity index (χ1) is 18.2. The van der Waals surface area contributed by atoms with Gasteiger partial charge in [0, 0.05) is 22.1 Å². The number of amides is 2. The normalized spacial score (nSPS) is 12.5. The molecule has 2 amide bonds. The van der Waals surface area contributed by atoms with Crippen LogP contribution in [0.2, 0.25) is 15.1 Å². The lowest BCUT2D eigenvalue weighted by Crippen LogP contribution is -2.54. The number of hydrogen-bond acceptors (Lipinski definition) is 4. The second-order valence-electron chi connectivity index (χ2n) is 9.95. The van der Waals surface area contributed by atoms with Crippen LogP contribution in [0.1, 0.15) is 33.3 Å². The Labute approximate surface area is 244 Å². The summed E-state index contributed by atoms with van der Waals surface area (Å²) in [6, 6.07) is 18.0. The third-order valence-corrected chi connectivity index (χ3v) is 8.45. The van der Waals surface area contributed by atoms with Crippen LogP contribution in [-0.2, 0) is 26.2 Å². The quantitative estimate of drug-likeness (QED) is 0.314. The average Bonchev–Trinajstić information content (AvgIpc) is 2.87. The predicted octanol–water partition coefficient (Wildman–Crippen LogP) is 6.17. The van der Waals surface area contributed by atoms with Crippen molar-refractivity contribution < 1.29 is 18.0 Å². The van der Waals surface area contributed by atoms with Crippen molar-refractivity contribution in [2.45, 2.75) is 50.7 Å². The summed E-state index contributed by atoms with van der Waals surface area (Å²) < 4.78 is 28.5. The maximum Gasteiger partial charge on any atom is 0.264 e. The highest BCUT2D eigenvalue weighted by Gasteiger charge is 2.34. The van der Waals surface area contributed by atoms with Gasteiger partial charge in [-0.25, -0.2) is 8.42 Å². The molecule has 208 valence electrons. The minimum Gasteiger partial charge on any atom is -0.350 e. The number of benzene rings is 3. The van der Waals surface area contributed by atoms with E-state index in [2.05, 4.69) is 5.32 Å². The minimum absolute atomic E-state index is 0.0280. The van der Waals surface area contributed by atoms with Gasteiger partial charge in [0.05, 0.1) is 15.6 Å². The molecule has 7 nitrogen and oxygen atoms in total. The van der Waals surface area contributed by atoms with E-state index in [4.69, 9.17) is 34.8 Å². The molecule has 11 heteroatoms. The van der Waals surface area contributed by atoms with Crippen molar-refractivity contribution in [1.82, 2.24) is 10.2 Å². The molecule has 0 aromatic heterocycles. The highest BCUT2D eigenvalue weighted by Crippen LogP contribution is 2.33. The highest BCUT2D eigenvalue weighted by atomic mass is 35.5. The van der Waals surface area contributed by atoms with Gasteiger partial charge in [-0.3, -0.25) is 13.9 Å². The Morgan fingerprint density at radius 2 is 1.51 bits per heavy atom. The van der Waals surface area contributed by atoms with Gasteiger partial charge in [0.25, 0.3) is 10.0 Å². The number of rotatable bonds is 9. The first-order valence-electron chi connectivity index (χ1n) is 12.1. The largest absolute Gasteiger partial charge is 0.350 e. The third-order valence-electron chi connectivity index (χ3n) is 5.75. The lowest BCUT2D eigenvalue weighted by atomic mass is 10.1. The van der Waals surface area contributed by atoms with E-state index in [0.717, 1.165) is 4.31 Å².